The van der Waals surface area contributed by atoms with Gasteiger partial charge in [-0.15, -0.1) is 0 Å². The van der Waals surface area contributed by atoms with Crippen LogP contribution in [0.25, 0.3) is 0 Å². The molecule has 0 heterocycles. The topological polar surface area (TPSA) is 58.6 Å². The van der Waals surface area contributed by atoms with Crippen molar-refractivity contribution in [2.24, 2.45) is 0 Å². The lowest BCUT2D eigenvalue weighted by Crippen LogP contribution is -2.53. The molecule has 0 aliphatic rings. The number of halogens is 3. The zero-order valence-electron chi connectivity index (χ0n) is 17.3. The van der Waals surface area contributed by atoms with E-state index in [0.29, 0.717) is 20.3 Å². The maximum atomic E-state index is 13.0. The maximum Gasteiger partial charge on any atom is 0.261 e. The standard InChI is InChI=1S/C22H25BrCl2N2O3/c1-14(21(29)26-22(2,3)4)27(12-15-5-7-16(24)8-6-15)20(28)13-30-19-10-9-17(25)11-18(19)23/h5-11,14H,12-13H2,1-4H3,(H,26,29). The Morgan fingerprint density at radius 3 is 2.27 bits per heavy atom. The van der Waals surface area contributed by atoms with Crippen LogP contribution in [0.4, 0.5) is 0 Å². The number of nitrogens with one attached hydrogen (secondary N) is 1. The molecular weight excluding hydrogens is 491 g/mol. The third kappa shape index (κ3) is 7.49. The highest BCUT2D eigenvalue weighted by Gasteiger charge is 2.28. The molecule has 30 heavy (non-hydrogen) atoms. The number of carbonyl (C=O) groups excluding carboxylic acids is 2. The molecule has 2 amide bonds. The summed E-state index contributed by atoms with van der Waals surface area (Å²) >= 11 is 15.3. The summed E-state index contributed by atoms with van der Waals surface area (Å²) in [6.45, 7) is 7.41. The number of hydrogen-bond donors (Lipinski definition) is 1. The molecule has 1 N–H and O–H groups in total. The Hall–Kier alpha value is -1.76. The lowest BCUT2D eigenvalue weighted by atomic mass is 10.1. The minimum absolute atomic E-state index is 0.221. The Labute approximate surface area is 195 Å². The number of benzene rings is 2. The van der Waals surface area contributed by atoms with Gasteiger partial charge in [-0.05, 0) is 79.5 Å². The number of nitrogens with zero attached hydrogens (tertiary/aromatic N) is 1. The van der Waals surface area contributed by atoms with Crippen molar-refractivity contribution in [1.29, 1.82) is 0 Å². The molecule has 0 bridgehead atoms. The van der Waals surface area contributed by atoms with Crippen LogP contribution in [0.5, 0.6) is 5.75 Å². The smallest absolute Gasteiger partial charge is 0.261 e. The van der Waals surface area contributed by atoms with Gasteiger partial charge in [0.05, 0.1) is 4.47 Å². The molecule has 8 heteroatoms. The summed E-state index contributed by atoms with van der Waals surface area (Å²) in [6, 6.07) is 11.5. The molecular formula is C22H25BrCl2N2O3. The lowest BCUT2D eigenvalue weighted by molar-refractivity contribution is -0.142. The summed E-state index contributed by atoms with van der Waals surface area (Å²) in [6.07, 6.45) is 0. The van der Waals surface area contributed by atoms with Crippen LogP contribution in [0.2, 0.25) is 10.0 Å². The summed E-state index contributed by atoms with van der Waals surface area (Å²) in [5.41, 5.74) is 0.446. The van der Waals surface area contributed by atoms with Crippen LogP contribution in [0.3, 0.4) is 0 Å². The maximum absolute atomic E-state index is 13.0. The summed E-state index contributed by atoms with van der Waals surface area (Å²) in [7, 11) is 0. The predicted molar refractivity (Wildman–Crippen MR) is 124 cm³/mol. The minimum Gasteiger partial charge on any atom is -0.483 e. The summed E-state index contributed by atoms with van der Waals surface area (Å²) in [5.74, 6) is -0.0631. The van der Waals surface area contributed by atoms with Gasteiger partial charge in [0.25, 0.3) is 5.91 Å². The van der Waals surface area contributed by atoms with E-state index in [1.165, 1.54) is 4.90 Å². The first-order valence-corrected chi connectivity index (χ1v) is 10.9. The van der Waals surface area contributed by atoms with Crippen LogP contribution in [0.15, 0.2) is 46.9 Å². The van der Waals surface area contributed by atoms with Crippen LogP contribution in [-0.4, -0.2) is 34.9 Å². The third-order valence-electron chi connectivity index (χ3n) is 4.18. The molecule has 0 saturated heterocycles. The summed E-state index contributed by atoms with van der Waals surface area (Å²) < 4.78 is 6.32. The van der Waals surface area contributed by atoms with Gasteiger partial charge in [0.2, 0.25) is 5.91 Å². The first-order valence-electron chi connectivity index (χ1n) is 9.40. The summed E-state index contributed by atoms with van der Waals surface area (Å²) in [5, 5.41) is 4.08. The fraction of sp³-hybridized carbons (Fsp3) is 0.364. The van der Waals surface area contributed by atoms with Crippen LogP contribution < -0.4 is 10.1 Å². The van der Waals surface area contributed by atoms with Crippen molar-refractivity contribution < 1.29 is 14.3 Å². The van der Waals surface area contributed by atoms with Crippen LogP contribution in [0, 0.1) is 0 Å². The van der Waals surface area contributed by atoms with Crippen molar-refractivity contribution in [3.63, 3.8) is 0 Å². The second-order valence-corrected chi connectivity index (χ2v) is 9.65. The van der Waals surface area contributed by atoms with Crippen LogP contribution >= 0.6 is 39.1 Å². The number of carbonyl (C=O) groups is 2. The highest BCUT2D eigenvalue weighted by molar-refractivity contribution is 9.10. The molecule has 0 radical (unpaired) electrons. The Bertz CT molecular complexity index is 898. The van der Waals surface area contributed by atoms with E-state index in [4.69, 9.17) is 27.9 Å². The zero-order chi connectivity index (χ0) is 22.5. The molecule has 1 unspecified atom stereocenters. The molecule has 5 nitrogen and oxygen atoms in total. The zero-order valence-corrected chi connectivity index (χ0v) is 20.4. The lowest BCUT2D eigenvalue weighted by Gasteiger charge is -2.31. The SMILES string of the molecule is CC(C(=O)NC(C)(C)C)N(Cc1ccc(Cl)cc1)C(=O)COc1ccc(Cl)cc1Br. The van der Waals surface area contributed by atoms with Crippen molar-refractivity contribution in [3.8, 4) is 5.75 Å². The highest BCUT2D eigenvalue weighted by atomic mass is 79.9. The van der Waals surface area contributed by atoms with Gasteiger partial charge < -0.3 is 15.0 Å². The predicted octanol–water partition coefficient (Wildman–Crippen LogP) is 5.47. The van der Waals surface area contributed by atoms with E-state index in [1.54, 1.807) is 37.3 Å². The molecule has 0 saturated carbocycles. The second-order valence-electron chi connectivity index (χ2n) is 7.93. The molecule has 2 aromatic rings. The van der Waals surface area contributed by atoms with Crippen LogP contribution in [-0.2, 0) is 16.1 Å². The molecule has 0 aromatic heterocycles. The fourth-order valence-corrected chi connectivity index (χ4v) is 3.58. The van der Waals surface area contributed by atoms with Crippen molar-refractivity contribution >= 4 is 50.9 Å². The Kier molecular flexibility index (Phi) is 8.59. The van der Waals surface area contributed by atoms with Crippen molar-refractivity contribution in [3.05, 3.63) is 62.5 Å². The van der Waals surface area contributed by atoms with Crippen LogP contribution in [0.1, 0.15) is 33.3 Å². The number of amides is 2. The first-order chi connectivity index (χ1) is 14.0. The van der Waals surface area contributed by atoms with Crippen molar-refractivity contribution in [2.75, 3.05) is 6.61 Å². The van der Waals surface area contributed by atoms with E-state index in [2.05, 4.69) is 21.2 Å². The fourth-order valence-electron chi connectivity index (χ4n) is 2.66. The normalized spacial score (nSPS) is 12.2. The molecule has 0 aliphatic carbocycles. The molecule has 1 atom stereocenters. The van der Waals surface area contributed by atoms with Gasteiger partial charge in [-0.3, -0.25) is 9.59 Å². The van der Waals surface area contributed by atoms with Gasteiger partial charge in [-0.1, -0.05) is 35.3 Å². The van der Waals surface area contributed by atoms with E-state index in [0.717, 1.165) is 5.56 Å². The van der Waals surface area contributed by atoms with Gasteiger partial charge in [0, 0.05) is 22.1 Å². The molecule has 0 aliphatic heterocycles. The van der Waals surface area contributed by atoms with E-state index < -0.39 is 11.6 Å². The average Bonchev–Trinajstić information content (AvgIpc) is 2.64. The van der Waals surface area contributed by atoms with E-state index >= 15 is 0 Å². The van der Waals surface area contributed by atoms with Gasteiger partial charge in [-0.2, -0.15) is 0 Å². The van der Waals surface area contributed by atoms with E-state index in [-0.39, 0.29) is 25.0 Å². The Morgan fingerprint density at radius 1 is 1.10 bits per heavy atom. The first kappa shape index (κ1) is 24.5. The average molecular weight is 516 g/mol. The van der Waals surface area contributed by atoms with Gasteiger partial charge in [0.1, 0.15) is 11.8 Å². The monoisotopic (exact) mass is 514 g/mol. The minimum atomic E-state index is -0.690. The summed E-state index contributed by atoms with van der Waals surface area (Å²) in [4.78, 5) is 27.3. The highest BCUT2D eigenvalue weighted by Crippen LogP contribution is 2.28. The van der Waals surface area contributed by atoms with Gasteiger partial charge >= 0.3 is 0 Å². The van der Waals surface area contributed by atoms with E-state index in [9.17, 15) is 9.59 Å². The molecule has 2 aromatic carbocycles. The molecule has 0 spiro atoms. The Morgan fingerprint density at radius 2 is 1.70 bits per heavy atom. The van der Waals surface area contributed by atoms with Gasteiger partial charge in [-0.25, -0.2) is 0 Å². The van der Waals surface area contributed by atoms with Gasteiger partial charge in [0.15, 0.2) is 6.61 Å². The number of ether oxygens (including phenoxy) is 1. The number of hydrogen-bond acceptors (Lipinski definition) is 3. The quantitative estimate of drug-likeness (QED) is 0.532. The van der Waals surface area contributed by atoms with Crippen molar-refractivity contribution in [2.45, 2.75) is 45.8 Å². The molecule has 2 rings (SSSR count). The van der Waals surface area contributed by atoms with E-state index in [1.807, 2.05) is 32.9 Å². The second kappa shape index (κ2) is 10.5. The molecule has 162 valence electrons. The third-order valence-corrected chi connectivity index (χ3v) is 5.28. The number of rotatable bonds is 7. The molecule has 0 fully saturated rings. The largest absolute Gasteiger partial charge is 0.483 e. The van der Waals surface area contributed by atoms with Crippen molar-refractivity contribution in [1.82, 2.24) is 10.2 Å². The Balaban J connectivity index is 2.18.